The average Bonchev–Trinajstić information content (AvgIpc) is 3.14. The number of amides is 2. The molecule has 1 fully saturated rings. The Labute approximate surface area is 204 Å². The summed E-state index contributed by atoms with van der Waals surface area (Å²) in [5, 5.41) is 10.4. The Balaban J connectivity index is 1.77. The first-order chi connectivity index (χ1) is 15.8. The summed E-state index contributed by atoms with van der Waals surface area (Å²) in [5.41, 5.74) is 0.666. The van der Waals surface area contributed by atoms with E-state index in [0.29, 0.717) is 29.7 Å². The Morgan fingerprint density at radius 2 is 2.12 bits per heavy atom. The normalized spacial score (nSPS) is 24.4. The molecule has 33 heavy (non-hydrogen) atoms. The monoisotopic (exact) mass is 494 g/mol. The molecule has 3 atom stereocenters. The quantitative estimate of drug-likeness (QED) is 0.311. The van der Waals surface area contributed by atoms with Gasteiger partial charge in [-0.05, 0) is 0 Å². The van der Waals surface area contributed by atoms with Crippen LogP contribution in [0.3, 0.4) is 0 Å². The Kier molecular flexibility index (Phi) is 9.78. The van der Waals surface area contributed by atoms with Crippen LogP contribution >= 0.6 is 21.0 Å². The van der Waals surface area contributed by atoms with Crippen molar-refractivity contribution in [1.82, 2.24) is 16.0 Å². The molecule has 0 spiro atoms. The number of unbranched alkanes of at least 4 members (excludes halogenated alkanes) is 1. The first-order valence-corrected chi connectivity index (χ1v) is 13.5. The number of thioether (sulfide) groups is 1. The number of nitrogens with one attached hydrogen (secondary N) is 3. The minimum atomic E-state index is -3.03. The fraction of sp³-hybridized carbons (Fsp3) is 0.667. The molecule has 2 amide bonds. The van der Waals surface area contributed by atoms with Crippen molar-refractivity contribution in [2.75, 3.05) is 19.6 Å². The molecule has 0 aromatic carbocycles. The number of halogens is 2. The van der Waals surface area contributed by atoms with Crippen LogP contribution in [-0.2, 0) is 0 Å². The molecular weight excluding hydrogens is 458 g/mol. The van der Waals surface area contributed by atoms with Crippen LogP contribution in [0.1, 0.15) is 65.2 Å². The summed E-state index contributed by atoms with van der Waals surface area (Å²) in [6, 6.07) is -0.377. The number of alkyl halides is 2. The van der Waals surface area contributed by atoms with Crippen LogP contribution in [0.4, 0.5) is 13.6 Å². The van der Waals surface area contributed by atoms with Gasteiger partial charge in [0, 0.05) is 0 Å². The van der Waals surface area contributed by atoms with Gasteiger partial charge in [-0.15, -0.1) is 0 Å². The Hall–Kier alpha value is -0.975. The minimum absolute atomic E-state index is 0.00449. The first kappa shape index (κ1) is 26.6. The molecule has 3 rings (SSSR count). The standard InChI is InChI=1S/C24H36BF2N3OPS/c1-3-4-7-16-13-28-11-10-17(16)20(15(2)24(26,27)32)14-29-23(31)30-22-19(12-25)18-8-5-6-9-21(18)33-22/h12,18,21,28H,3-11,13-14,32H2,1-2H3,(H2,29,30,31)/b20-15+. The molecule has 181 valence electrons. The van der Waals surface area contributed by atoms with Crippen LogP contribution < -0.4 is 16.0 Å². The van der Waals surface area contributed by atoms with Gasteiger partial charge in [-0.2, -0.15) is 0 Å². The summed E-state index contributed by atoms with van der Waals surface area (Å²) in [6.45, 7) is 5.12. The maximum absolute atomic E-state index is 14.3. The predicted octanol–water partition coefficient (Wildman–Crippen LogP) is 5.04. The fourth-order valence-electron chi connectivity index (χ4n) is 5.00. The molecule has 1 radical (unpaired) electrons. The second kappa shape index (κ2) is 12.1. The van der Waals surface area contributed by atoms with Crippen LogP contribution in [0, 0.1) is 5.92 Å². The summed E-state index contributed by atoms with van der Waals surface area (Å²) in [7, 11) is 7.54. The number of carbonyl (C=O) groups excluding carboxylic acids is 1. The van der Waals surface area contributed by atoms with Crippen molar-refractivity contribution >= 4 is 40.5 Å². The number of hydrogen-bond acceptors (Lipinski definition) is 3. The van der Waals surface area contributed by atoms with Gasteiger partial charge in [0.1, 0.15) is 0 Å². The molecule has 0 bridgehead atoms. The molecule has 0 aromatic heterocycles. The fourth-order valence-corrected chi connectivity index (χ4v) is 6.71. The van der Waals surface area contributed by atoms with Crippen LogP contribution in [0.5, 0.6) is 0 Å². The third kappa shape index (κ3) is 6.79. The van der Waals surface area contributed by atoms with Gasteiger partial charge in [-0.3, -0.25) is 0 Å². The molecule has 9 heteroatoms. The summed E-state index contributed by atoms with van der Waals surface area (Å²) >= 11 is 1.68. The van der Waals surface area contributed by atoms with E-state index in [9.17, 15) is 13.6 Å². The molecule has 1 saturated carbocycles. The maximum atomic E-state index is 14.3. The Morgan fingerprint density at radius 1 is 1.36 bits per heavy atom. The van der Waals surface area contributed by atoms with Gasteiger partial charge in [0.15, 0.2) is 0 Å². The third-order valence-corrected chi connectivity index (χ3v) is 8.81. The number of carbonyl (C=O) groups is 1. The van der Waals surface area contributed by atoms with E-state index in [-0.39, 0.29) is 18.1 Å². The zero-order valence-corrected chi connectivity index (χ0v) is 21.7. The molecule has 0 saturated heterocycles. The van der Waals surface area contributed by atoms with Gasteiger partial charge in [0.25, 0.3) is 0 Å². The van der Waals surface area contributed by atoms with Crippen molar-refractivity contribution in [3.63, 3.8) is 0 Å². The summed E-state index contributed by atoms with van der Waals surface area (Å²) < 4.78 is 28.7. The van der Waals surface area contributed by atoms with Gasteiger partial charge in [-0.1, -0.05) is 13.3 Å². The van der Waals surface area contributed by atoms with Crippen LogP contribution in [0.15, 0.2) is 32.9 Å². The molecule has 3 N–H and O–H groups in total. The van der Waals surface area contributed by atoms with Crippen LogP contribution in [0.2, 0.25) is 0 Å². The van der Waals surface area contributed by atoms with Gasteiger partial charge >= 0.3 is 191 Å². The average molecular weight is 494 g/mol. The van der Waals surface area contributed by atoms with Crippen molar-refractivity contribution in [1.29, 1.82) is 0 Å². The summed E-state index contributed by atoms with van der Waals surface area (Å²) in [6.07, 6.45) is 8.22. The van der Waals surface area contributed by atoms with Gasteiger partial charge in [0.05, 0.1) is 0 Å². The Morgan fingerprint density at radius 3 is 2.82 bits per heavy atom. The molecular formula is C24H36BF2N3OPS. The Bertz CT molecular complexity index is 853. The van der Waals surface area contributed by atoms with E-state index in [4.69, 9.17) is 7.49 Å². The third-order valence-electron chi connectivity index (χ3n) is 6.93. The van der Waals surface area contributed by atoms with Gasteiger partial charge in [-0.25, -0.2) is 0 Å². The summed E-state index contributed by atoms with van der Waals surface area (Å²) in [5.74, 6) is 2.00. The number of urea groups is 1. The van der Waals surface area contributed by atoms with E-state index >= 15 is 0 Å². The summed E-state index contributed by atoms with van der Waals surface area (Å²) in [4.78, 5) is 12.8. The van der Waals surface area contributed by atoms with E-state index in [1.54, 1.807) is 27.0 Å². The van der Waals surface area contributed by atoms with Crippen molar-refractivity contribution < 1.29 is 13.6 Å². The number of hydrogen-bond donors (Lipinski definition) is 3. The topological polar surface area (TPSA) is 53.2 Å². The van der Waals surface area contributed by atoms with E-state index in [0.717, 1.165) is 54.8 Å². The first-order valence-electron chi connectivity index (χ1n) is 12.1. The predicted molar refractivity (Wildman–Crippen MR) is 140 cm³/mol. The van der Waals surface area contributed by atoms with E-state index < -0.39 is 5.66 Å². The van der Waals surface area contributed by atoms with E-state index in [2.05, 4.69) is 22.9 Å². The molecule has 0 aromatic rings. The molecule has 3 unspecified atom stereocenters. The SMILES string of the molecule is [B]=CC1=C(NC(=O)NC/C(C2=C(CCCC)CNCC2)=C(/C)C(F)(F)P)SC2CCCCC12. The number of allylic oxidation sites excluding steroid dienone is 2. The molecule has 4 nitrogen and oxygen atoms in total. The van der Waals surface area contributed by atoms with Gasteiger partial charge in [0.2, 0.25) is 0 Å². The zero-order chi connectivity index (χ0) is 24.0. The number of rotatable bonds is 9. The van der Waals surface area contributed by atoms with E-state index in [1.165, 1.54) is 25.3 Å². The van der Waals surface area contributed by atoms with Crippen molar-refractivity contribution in [3.05, 3.63) is 32.9 Å². The van der Waals surface area contributed by atoms with Crippen molar-refractivity contribution in [3.8, 4) is 0 Å². The van der Waals surface area contributed by atoms with E-state index in [1.807, 2.05) is 0 Å². The van der Waals surface area contributed by atoms with Crippen LogP contribution in [0.25, 0.3) is 0 Å². The van der Waals surface area contributed by atoms with Crippen molar-refractivity contribution in [2.24, 2.45) is 5.92 Å². The second-order valence-electron chi connectivity index (χ2n) is 9.15. The van der Waals surface area contributed by atoms with Gasteiger partial charge < -0.3 is 0 Å². The molecule has 2 heterocycles. The second-order valence-corrected chi connectivity index (χ2v) is 11.1. The molecule has 3 aliphatic rings. The molecule has 1 aliphatic carbocycles. The number of fused-ring (bicyclic) bond motifs is 1. The molecule has 2 aliphatic heterocycles. The zero-order valence-electron chi connectivity index (χ0n) is 19.7. The van der Waals surface area contributed by atoms with Crippen LogP contribution in [-0.4, -0.2) is 50.0 Å². The van der Waals surface area contributed by atoms with Crippen molar-refractivity contribution in [2.45, 2.75) is 76.1 Å².